The smallest absolute Gasteiger partial charge is 0.333 e. The van der Waals surface area contributed by atoms with Crippen LogP contribution in [0, 0.1) is 0 Å². The number of para-hydroxylation sites is 2. The maximum absolute atomic E-state index is 6.67. The second kappa shape index (κ2) is 10.6. The van der Waals surface area contributed by atoms with E-state index >= 15 is 0 Å². The van der Waals surface area contributed by atoms with Crippen molar-refractivity contribution in [2.24, 2.45) is 0 Å². The molecule has 272 valence electrons. The van der Waals surface area contributed by atoms with Crippen LogP contribution in [-0.2, 0) is 5.41 Å². The third kappa shape index (κ3) is 3.86. The largest absolute Gasteiger partial charge is 0.456 e. The molecule has 6 heterocycles. The molecule has 0 bridgehead atoms. The van der Waals surface area contributed by atoms with Gasteiger partial charge in [0.25, 0.3) is 0 Å². The lowest BCUT2D eigenvalue weighted by Gasteiger charge is -2.42. The molecule has 0 saturated carbocycles. The van der Waals surface area contributed by atoms with Gasteiger partial charge in [0.1, 0.15) is 22.3 Å². The van der Waals surface area contributed by atoms with E-state index in [2.05, 4.69) is 176 Å². The molecule has 0 aliphatic carbocycles. The molecule has 0 spiro atoms. The molecule has 0 unspecified atom stereocenters. The first-order chi connectivity index (χ1) is 28.4. The fourth-order valence-corrected chi connectivity index (χ4v) is 11.7. The van der Waals surface area contributed by atoms with Crippen LogP contribution in [0.4, 0.5) is 11.4 Å². The molecule has 2 aliphatic rings. The average molecular weight is 761 g/mol. The Kier molecular flexibility index (Phi) is 5.73. The summed E-state index contributed by atoms with van der Waals surface area (Å²) in [5.74, 6) is 0. The van der Waals surface area contributed by atoms with Crippen molar-refractivity contribution < 1.29 is 8.83 Å². The summed E-state index contributed by atoms with van der Waals surface area (Å²) in [6.45, 7) is 6.76. The van der Waals surface area contributed by atoms with Gasteiger partial charge >= 0.3 is 6.85 Å². The van der Waals surface area contributed by atoms with Gasteiger partial charge in [-0.05, 0) is 82.1 Å². The quantitative estimate of drug-likeness (QED) is 0.156. The van der Waals surface area contributed by atoms with Crippen LogP contribution in [0.5, 0.6) is 0 Å². The number of fused-ring (bicyclic) bond motifs is 18. The Bertz CT molecular complexity index is 3800. The number of hydrogen-bond acceptors (Lipinski definition) is 4. The van der Waals surface area contributed by atoms with Gasteiger partial charge < -0.3 is 18.2 Å². The van der Waals surface area contributed by atoms with E-state index in [4.69, 9.17) is 8.83 Å². The SMILES string of the molecule is CC(C)(C)c1ccc(N2B3c4cc5c(cc4-n4c6ccc7oc8ccccc8c7c6c6ccc(c3c64)-c3cc4sc6ccccc6c4cc32)oc2ccccc25)cc1. The summed E-state index contributed by atoms with van der Waals surface area (Å²) in [5, 5.41) is 9.65. The van der Waals surface area contributed by atoms with Crippen LogP contribution in [0.2, 0.25) is 0 Å². The second-order valence-corrected chi connectivity index (χ2v) is 18.3. The highest BCUT2D eigenvalue weighted by atomic mass is 32.1. The Labute approximate surface area is 337 Å². The van der Waals surface area contributed by atoms with Crippen molar-refractivity contribution in [3.8, 4) is 16.8 Å². The Hall–Kier alpha value is -6.76. The van der Waals surface area contributed by atoms with E-state index in [1.54, 1.807) is 0 Å². The lowest BCUT2D eigenvalue weighted by molar-refractivity contribution is 0.590. The van der Waals surface area contributed by atoms with Crippen LogP contribution in [-0.4, -0.2) is 11.4 Å². The van der Waals surface area contributed by atoms with Gasteiger partial charge in [-0.3, -0.25) is 0 Å². The highest BCUT2D eigenvalue weighted by Crippen LogP contribution is 2.50. The molecule has 6 heteroatoms. The first kappa shape index (κ1) is 31.3. The number of thiophene rings is 1. The lowest BCUT2D eigenvalue weighted by Crippen LogP contribution is -2.60. The van der Waals surface area contributed by atoms with Crippen LogP contribution in [0.15, 0.2) is 154 Å². The summed E-state index contributed by atoms with van der Waals surface area (Å²) < 4.78 is 18.3. The first-order valence-corrected chi connectivity index (χ1v) is 20.9. The molecule has 0 fully saturated rings. The summed E-state index contributed by atoms with van der Waals surface area (Å²) in [4.78, 5) is 2.65. The van der Waals surface area contributed by atoms with E-state index in [0.717, 1.165) is 44.2 Å². The van der Waals surface area contributed by atoms with E-state index < -0.39 is 0 Å². The van der Waals surface area contributed by atoms with Gasteiger partial charge in [-0.1, -0.05) is 106 Å². The summed E-state index contributed by atoms with van der Waals surface area (Å²) in [5.41, 5.74) is 16.1. The number of furan rings is 2. The van der Waals surface area contributed by atoms with Crippen molar-refractivity contribution in [3.63, 3.8) is 0 Å². The molecule has 14 rings (SSSR count). The van der Waals surface area contributed by atoms with Crippen molar-refractivity contribution in [1.29, 1.82) is 0 Å². The van der Waals surface area contributed by atoms with E-state index in [1.807, 2.05) is 11.3 Å². The molecule has 0 atom stereocenters. The highest BCUT2D eigenvalue weighted by Gasteiger charge is 2.45. The number of nitrogens with zero attached hydrogens (tertiary/aromatic N) is 2. The molecule has 8 aromatic carbocycles. The topological polar surface area (TPSA) is 34.5 Å². The average Bonchev–Trinajstić information content (AvgIpc) is 4.00. The Morgan fingerprint density at radius 1 is 0.517 bits per heavy atom. The number of aromatic nitrogens is 1. The van der Waals surface area contributed by atoms with Crippen molar-refractivity contribution in [2.75, 3.05) is 4.81 Å². The van der Waals surface area contributed by atoms with Crippen LogP contribution >= 0.6 is 11.3 Å². The molecule has 12 aromatic rings. The Morgan fingerprint density at radius 2 is 1.26 bits per heavy atom. The molecule has 0 saturated heterocycles. The standard InChI is InChI=1S/C52H33BN2O2S/c1-52(2,3)28-16-18-29(19-17-28)55-40-25-37-31-11-6-9-15-46(31)58-47(37)26-35(40)32-20-21-34-48-39(22-23-44-49(48)33-12-5-8-14-43(33)56-44)54-41-27-45-36(30-10-4-7-13-42(30)57-45)24-38(41)53(55)50(32)51(34)54/h4-27H,1-3H3. The summed E-state index contributed by atoms with van der Waals surface area (Å²) in [6, 6.07) is 54.0. The highest BCUT2D eigenvalue weighted by molar-refractivity contribution is 7.25. The normalized spacial score (nSPS) is 13.7. The van der Waals surface area contributed by atoms with E-state index in [0.29, 0.717) is 0 Å². The molecule has 58 heavy (non-hydrogen) atoms. The van der Waals surface area contributed by atoms with E-state index in [-0.39, 0.29) is 12.3 Å². The summed E-state index contributed by atoms with van der Waals surface area (Å²) in [7, 11) is 0. The maximum atomic E-state index is 6.67. The number of rotatable bonds is 1. The van der Waals surface area contributed by atoms with E-state index in [1.165, 1.54) is 86.4 Å². The van der Waals surface area contributed by atoms with Gasteiger partial charge in [-0.2, -0.15) is 0 Å². The first-order valence-electron chi connectivity index (χ1n) is 20.1. The van der Waals surface area contributed by atoms with E-state index in [9.17, 15) is 0 Å². The number of anilines is 2. The third-order valence-corrected chi connectivity index (χ3v) is 14.3. The minimum atomic E-state index is -0.115. The summed E-state index contributed by atoms with van der Waals surface area (Å²) >= 11 is 1.89. The molecular formula is C52H33BN2O2S. The monoisotopic (exact) mass is 760 g/mol. The maximum Gasteiger partial charge on any atom is 0.333 e. The van der Waals surface area contributed by atoms with Crippen LogP contribution in [0.25, 0.3) is 103 Å². The van der Waals surface area contributed by atoms with Gasteiger partial charge in [0, 0.05) is 81.2 Å². The van der Waals surface area contributed by atoms with Gasteiger partial charge in [-0.15, -0.1) is 11.3 Å². The van der Waals surface area contributed by atoms with Gasteiger partial charge in [0.05, 0.1) is 11.0 Å². The fraction of sp³-hybridized carbons (Fsp3) is 0.0769. The second-order valence-electron chi connectivity index (χ2n) is 17.2. The third-order valence-electron chi connectivity index (χ3n) is 13.1. The fourth-order valence-electron chi connectivity index (χ4n) is 10.5. The van der Waals surface area contributed by atoms with Crippen LogP contribution in [0.1, 0.15) is 26.3 Å². The van der Waals surface area contributed by atoms with Gasteiger partial charge in [-0.25, -0.2) is 0 Å². The molecule has 0 radical (unpaired) electrons. The van der Waals surface area contributed by atoms with Crippen molar-refractivity contribution in [3.05, 3.63) is 151 Å². The molecule has 4 nitrogen and oxygen atoms in total. The Balaban J connectivity index is 1.19. The molecule has 0 N–H and O–H groups in total. The minimum Gasteiger partial charge on any atom is -0.456 e. The Morgan fingerprint density at radius 3 is 2.09 bits per heavy atom. The van der Waals surface area contributed by atoms with Gasteiger partial charge in [0.15, 0.2) is 0 Å². The molecule has 4 aromatic heterocycles. The zero-order valence-corrected chi connectivity index (χ0v) is 32.9. The summed E-state index contributed by atoms with van der Waals surface area (Å²) in [6.07, 6.45) is 0. The number of hydrogen-bond donors (Lipinski definition) is 0. The molecule has 2 aliphatic heterocycles. The molecular weight excluding hydrogens is 727 g/mol. The van der Waals surface area contributed by atoms with Crippen LogP contribution in [0.3, 0.4) is 0 Å². The predicted octanol–water partition coefficient (Wildman–Crippen LogP) is 13.5. The van der Waals surface area contributed by atoms with Crippen molar-refractivity contribution in [1.82, 2.24) is 4.57 Å². The lowest BCUT2D eigenvalue weighted by atomic mass is 9.44. The predicted molar refractivity (Wildman–Crippen MR) is 246 cm³/mol. The van der Waals surface area contributed by atoms with Gasteiger partial charge in [0.2, 0.25) is 0 Å². The van der Waals surface area contributed by atoms with Crippen molar-refractivity contribution in [2.45, 2.75) is 26.2 Å². The van der Waals surface area contributed by atoms with Crippen molar-refractivity contribution >= 4 is 126 Å². The zero-order chi connectivity index (χ0) is 38.2. The van der Waals surface area contributed by atoms with Crippen LogP contribution < -0.4 is 15.7 Å². The zero-order valence-electron chi connectivity index (χ0n) is 32.1. The minimum absolute atomic E-state index is 0.0355. The number of benzene rings is 8. The molecule has 0 amide bonds.